The summed E-state index contributed by atoms with van der Waals surface area (Å²) in [6, 6.07) is 3.75. The van der Waals surface area contributed by atoms with E-state index < -0.39 is 16.1 Å². The number of nitrogens with zero attached hydrogens (tertiary/aromatic N) is 4. The highest BCUT2D eigenvalue weighted by Crippen LogP contribution is 2.21. The van der Waals surface area contributed by atoms with E-state index >= 15 is 0 Å². The average Bonchev–Trinajstić information content (AvgIpc) is 2.97. The molecule has 8 heteroatoms. The summed E-state index contributed by atoms with van der Waals surface area (Å²) in [7, 11) is 1.63. The third-order valence-corrected chi connectivity index (χ3v) is 5.16. The molecule has 1 unspecified atom stereocenters. The lowest BCUT2D eigenvalue weighted by molar-refractivity contribution is 0.181. The average molecular weight is 352 g/mol. The minimum atomic E-state index is -1.31. The van der Waals surface area contributed by atoms with Crippen LogP contribution in [0.15, 0.2) is 22.7 Å². The first kappa shape index (κ1) is 18.0. The standard InChI is InChI=1S/C15H20N4O2S2/c1-10(19-23(20)15(2,3)4)14-17-13(18-22-14)11-6-7-16-12(8-11)9-21-5/h6-8H,9H2,1-5H3/b19-10+. The van der Waals surface area contributed by atoms with Gasteiger partial charge >= 0.3 is 0 Å². The van der Waals surface area contributed by atoms with E-state index in [2.05, 4.69) is 18.7 Å². The molecule has 2 aromatic rings. The fourth-order valence-electron chi connectivity index (χ4n) is 1.63. The largest absolute Gasteiger partial charge is 0.591 e. The van der Waals surface area contributed by atoms with E-state index in [-0.39, 0.29) is 0 Å². The number of rotatable bonds is 5. The minimum absolute atomic E-state index is 0.394. The smallest absolute Gasteiger partial charge is 0.173 e. The van der Waals surface area contributed by atoms with Crippen LogP contribution in [0.3, 0.4) is 0 Å². The van der Waals surface area contributed by atoms with Crippen LogP contribution in [0.4, 0.5) is 0 Å². The Labute approximate surface area is 143 Å². The van der Waals surface area contributed by atoms with Crippen LogP contribution in [0, 0.1) is 0 Å². The Morgan fingerprint density at radius 3 is 2.83 bits per heavy atom. The molecule has 0 saturated carbocycles. The second-order valence-electron chi connectivity index (χ2n) is 5.93. The molecule has 2 heterocycles. The first-order valence-electron chi connectivity index (χ1n) is 7.07. The molecule has 0 bridgehead atoms. The Kier molecular flexibility index (Phi) is 5.85. The van der Waals surface area contributed by atoms with E-state index in [1.54, 1.807) is 20.2 Å². The Morgan fingerprint density at radius 1 is 1.43 bits per heavy atom. The second-order valence-corrected chi connectivity index (χ2v) is 8.59. The Bertz CT molecular complexity index is 695. The number of aromatic nitrogens is 3. The van der Waals surface area contributed by atoms with Gasteiger partial charge < -0.3 is 9.29 Å². The van der Waals surface area contributed by atoms with Gasteiger partial charge in [0.25, 0.3) is 0 Å². The SMILES string of the molecule is COCc1cc(-c2nsc(/C(C)=N/[S+]([O-])C(C)(C)C)n2)ccn1. The van der Waals surface area contributed by atoms with Crippen molar-refractivity contribution in [1.82, 2.24) is 14.3 Å². The molecule has 2 rings (SSSR count). The first-order valence-corrected chi connectivity index (χ1v) is 8.95. The summed E-state index contributed by atoms with van der Waals surface area (Å²) in [5.41, 5.74) is 2.33. The molecule has 124 valence electrons. The summed E-state index contributed by atoms with van der Waals surface area (Å²) in [6.45, 7) is 7.91. The Morgan fingerprint density at radius 2 is 2.17 bits per heavy atom. The zero-order valence-electron chi connectivity index (χ0n) is 13.9. The highest BCUT2D eigenvalue weighted by Gasteiger charge is 2.27. The van der Waals surface area contributed by atoms with Crippen LogP contribution < -0.4 is 0 Å². The van der Waals surface area contributed by atoms with Crippen molar-refractivity contribution in [3.8, 4) is 11.4 Å². The van der Waals surface area contributed by atoms with Gasteiger partial charge in [-0.1, -0.05) is 4.40 Å². The van der Waals surface area contributed by atoms with E-state index in [0.29, 0.717) is 23.2 Å². The van der Waals surface area contributed by atoms with Crippen molar-refractivity contribution in [2.75, 3.05) is 7.11 Å². The summed E-state index contributed by atoms with van der Waals surface area (Å²) in [6.07, 6.45) is 1.71. The molecule has 0 amide bonds. The maximum absolute atomic E-state index is 12.1. The summed E-state index contributed by atoms with van der Waals surface area (Å²) in [5, 5.41) is 0.669. The van der Waals surface area contributed by atoms with E-state index in [0.717, 1.165) is 11.3 Å². The van der Waals surface area contributed by atoms with Crippen LogP contribution in [0.1, 0.15) is 38.4 Å². The van der Waals surface area contributed by atoms with Gasteiger partial charge in [-0.25, -0.2) is 4.98 Å². The van der Waals surface area contributed by atoms with Crippen molar-refractivity contribution in [2.45, 2.75) is 39.0 Å². The molecule has 0 aliphatic carbocycles. The van der Waals surface area contributed by atoms with Crippen LogP contribution in [-0.2, 0) is 22.7 Å². The van der Waals surface area contributed by atoms with Gasteiger partial charge in [-0.15, -0.1) is 0 Å². The van der Waals surface area contributed by atoms with Gasteiger partial charge in [-0.05, 0) is 51.4 Å². The van der Waals surface area contributed by atoms with Crippen molar-refractivity contribution >= 4 is 28.6 Å². The fraction of sp³-hybridized carbons (Fsp3) is 0.467. The molecular formula is C15H20N4O2S2. The normalized spacial score (nSPS) is 14.1. The lowest BCUT2D eigenvalue weighted by Gasteiger charge is -2.18. The monoisotopic (exact) mass is 352 g/mol. The van der Waals surface area contributed by atoms with Gasteiger partial charge in [0, 0.05) is 18.9 Å². The first-order chi connectivity index (χ1) is 10.8. The lowest BCUT2D eigenvalue weighted by atomic mass is 10.2. The topological polar surface area (TPSA) is 83.3 Å². The minimum Gasteiger partial charge on any atom is -0.591 e. The zero-order valence-corrected chi connectivity index (χ0v) is 15.5. The maximum atomic E-state index is 12.1. The molecule has 23 heavy (non-hydrogen) atoms. The maximum Gasteiger partial charge on any atom is 0.173 e. The molecule has 6 nitrogen and oxygen atoms in total. The van der Waals surface area contributed by atoms with E-state index in [9.17, 15) is 4.55 Å². The fourth-order valence-corrected chi connectivity index (χ4v) is 2.92. The number of pyridine rings is 1. The van der Waals surface area contributed by atoms with Crippen molar-refractivity contribution in [1.29, 1.82) is 0 Å². The van der Waals surface area contributed by atoms with Crippen LogP contribution in [-0.4, -0.2) is 36.5 Å². The van der Waals surface area contributed by atoms with Gasteiger partial charge in [0.05, 0.1) is 12.3 Å². The number of hydrogen-bond acceptors (Lipinski definition) is 7. The molecule has 0 aliphatic rings. The van der Waals surface area contributed by atoms with Gasteiger partial charge in [-0.2, -0.15) is 4.37 Å². The molecule has 2 aromatic heterocycles. The van der Waals surface area contributed by atoms with E-state index in [4.69, 9.17) is 4.74 Å². The molecule has 0 radical (unpaired) electrons. The third kappa shape index (κ3) is 4.81. The van der Waals surface area contributed by atoms with Gasteiger partial charge in [-0.3, -0.25) is 4.98 Å². The summed E-state index contributed by atoms with van der Waals surface area (Å²) >= 11 is -0.0629. The highest BCUT2D eigenvalue weighted by atomic mass is 32.2. The summed E-state index contributed by atoms with van der Waals surface area (Å²) in [4.78, 5) is 8.71. The zero-order chi connectivity index (χ0) is 17.0. The van der Waals surface area contributed by atoms with Crippen molar-refractivity contribution in [3.05, 3.63) is 29.0 Å². The second kappa shape index (κ2) is 7.48. The van der Waals surface area contributed by atoms with Crippen molar-refractivity contribution in [3.63, 3.8) is 0 Å². The van der Waals surface area contributed by atoms with Crippen molar-refractivity contribution < 1.29 is 9.29 Å². The molecule has 0 fully saturated rings. The van der Waals surface area contributed by atoms with Gasteiger partial charge in [0.15, 0.2) is 10.8 Å². The molecule has 0 saturated heterocycles. The van der Waals surface area contributed by atoms with Gasteiger partial charge in [0.2, 0.25) is 0 Å². The van der Waals surface area contributed by atoms with E-state index in [1.165, 1.54) is 11.5 Å². The molecule has 0 aliphatic heterocycles. The lowest BCUT2D eigenvalue weighted by Crippen LogP contribution is -2.26. The van der Waals surface area contributed by atoms with Crippen LogP contribution in [0.25, 0.3) is 11.4 Å². The molecular weight excluding hydrogens is 332 g/mol. The highest BCUT2D eigenvalue weighted by molar-refractivity contribution is 7.91. The van der Waals surface area contributed by atoms with Crippen LogP contribution >= 0.6 is 11.5 Å². The van der Waals surface area contributed by atoms with Gasteiger partial charge in [0.1, 0.15) is 21.8 Å². The molecule has 0 aromatic carbocycles. The Hall–Kier alpha value is -1.35. The predicted octanol–water partition coefficient (Wildman–Crippen LogP) is 3.02. The Balaban J connectivity index is 2.23. The molecule has 0 N–H and O–H groups in total. The predicted molar refractivity (Wildman–Crippen MR) is 94.0 cm³/mol. The van der Waals surface area contributed by atoms with Crippen LogP contribution in [0.2, 0.25) is 0 Å². The van der Waals surface area contributed by atoms with Crippen molar-refractivity contribution in [2.24, 2.45) is 4.40 Å². The molecule has 0 spiro atoms. The van der Waals surface area contributed by atoms with E-state index in [1.807, 2.05) is 32.9 Å². The third-order valence-electron chi connectivity index (χ3n) is 2.85. The summed E-state index contributed by atoms with van der Waals surface area (Å²) in [5.74, 6) is 0.612. The quantitative estimate of drug-likeness (QED) is 0.610. The number of methoxy groups -OCH3 is 1. The number of hydrogen-bond donors (Lipinski definition) is 0. The number of ether oxygens (including phenoxy) is 1. The van der Waals surface area contributed by atoms with Crippen LogP contribution in [0.5, 0.6) is 0 Å². The molecule has 1 atom stereocenters. The summed E-state index contributed by atoms with van der Waals surface area (Å²) < 4.78 is 25.4.